The van der Waals surface area contributed by atoms with E-state index in [-0.39, 0.29) is 17.0 Å². The van der Waals surface area contributed by atoms with Crippen molar-refractivity contribution in [1.82, 2.24) is 0 Å². The van der Waals surface area contributed by atoms with Gasteiger partial charge in [0.05, 0.1) is 16.9 Å². The Kier molecular flexibility index (Phi) is 3.31. The normalized spacial score (nSPS) is 20.6. The van der Waals surface area contributed by atoms with Crippen LogP contribution < -0.4 is 10.4 Å². The van der Waals surface area contributed by atoms with Crippen molar-refractivity contribution in [3.8, 4) is 5.75 Å². The highest BCUT2D eigenvalue weighted by atomic mass is 16.7. The minimum Gasteiger partial charge on any atom is -0.506 e. The van der Waals surface area contributed by atoms with E-state index in [1.807, 2.05) is 58.8 Å². The minimum absolute atomic E-state index is 0.234. The van der Waals surface area contributed by atoms with E-state index in [1.54, 1.807) is 6.07 Å². The number of hydrogen-bond donors (Lipinski definition) is 1. The molecule has 2 rings (SSSR count). The third-order valence-corrected chi connectivity index (χ3v) is 4.01. The summed E-state index contributed by atoms with van der Waals surface area (Å²) in [5, 5.41) is 10.0. The summed E-state index contributed by atoms with van der Waals surface area (Å²) in [5.74, 6) is 0.234. The van der Waals surface area contributed by atoms with Crippen molar-refractivity contribution >= 4 is 18.3 Å². The molecule has 0 aromatic heterocycles. The Morgan fingerprint density at radius 2 is 1.58 bits per heavy atom. The molecule has 1 aromatic rings. The van der Waals surface area contributed by atoms with Crippen LogP contribution in [0.15, 0.2) is 18.2 Å². The van der Waals surface area contributed by atoms with Gasteiger partial charge in [-0.05, 0) is 45.3 Å². The van der Waals surface area contributed by atoms with E-state index in [0.29, 0.717) is 0 Å². The van der Waals surface area contributed by atoms with Gasteiger partial charge >= 0.3 is 7.12 Å². The number of rotatable bonds is 2. The maximum atomic E-state index is 10.0. The summed E-state index contributed by atoms with van der Waals surface area (Å²) in [6.45, 7) is 8.06. The van der Waals surface area contributed by atoms with Gasteiger partial charge < -0.3 is 19.3 Å². The molecule has 5 heteroatoms. The Hall–Kier alpha value is -1.20. The van der Waals surface area contributed by atoms with Crippen molar-refractivity contribution < 1.29 is 14.4 Å². The van der Waals surface area contributed by atoms with Crippen LogP contribution >= 0.6 is 0 Å². The standard InChI is InChI=1S/C14H22BNO3/c1-13(2)14(3,4)19-15(18-13)10-7-8-11(16(5)6)12(17)9-10/h7-9,17H,1-6H3. The zero-order valence-corrected chi connectivity index (χ0v) is 12.5. The summed E-state index contributed by atoms with van der Waals surface area (Å²) < 4.78 is 11.9. The second kappa shape index (κ2) is 4.42. The third kappa shape index (κ3) is 2.45. The van der Waals surface area contributed by atoms with E-state index < -0.39 is 7.12 Å². The van der Waals surface area contributed by atoms with Crippen molar-refractivity contribution in [2.45, 2.75) is 38.9 Å². The predicted octanol–water partition coefficient (Wildman–Crippen LogP) is 1.76. The van der Waals surface area contributed by atoms with Crippen LogP contribution in [0.2, 0.25) is 0 Å². The predicted molar refractivity (Wildman–Crippen MR) is 78.1 cm³/mol. The van der Waals surface area contributed by atoms with Crippen LogP contribution in [-0.2, 0) is 9.31 Å². The van der Waals surface area contributed by atoms with Gasteiger partial charge in [0.25, 0.3) is 0 Å². The summed E-state index contributed by atoms with van der Waals surface area (Å²) in [6, 6.07) is 5.50. The lowest BCUT2D eigenvalue weighted by molar-refractivity contribution is 0.00578. The molecule has 1 aliphatic heterocycles. The fraction of sp³-hybridized carbons (Fsp3) is 0.571. The summed E-state index contributed by atoms with van der Waals surface area (Å²) in [7, 11) is 3.35. The molecule has 1 saturated heterocycles. The molecule has 4 nitrogen and oxygen atoms in total. The van der Waals surface area contributed by atoms with E-state index in [1.165, 1.54) is 0 Å². The highest BCUT2D eigenvalue weighted by Gasteiger charge is 2.51. The molecule has 0 aliphatic carbocycles. The molecular weight excluding hydrogens is 241 g/mol. The molecule has 1 aliphatic rings. The van der Waals surface area contributed by atoms with Crippen molar-refractivity contribution in [1.29, 1.82) is 0 Å². The first-order valence-electron chi connectivity index (χ1n) is 6.50. The van der Waals surface area contributed by atoms with E-state index >= 15 is 0 Å². The van der Waals surface area contributed by atoms with E-state index in [2.05, 4.69) is 0 Å². The molecule has 0 bridgehead atoms. The first-order chi connectivity index (χ1) is 8.64. The molecule has 0 saturated carbocycles. The molecule has 0 radical (unpaired) electrons. The van der Waals surface area contributed by atoms with Crippen LogP contribution in [0.4, 0.5) is 5.69 Å². The van der Waals surface area contributed by atoms with Crippen molar-refractivity contribution in [2.24, 2.45) is 0 Å². The molecule has 0 amide bonds. The Morgan fingerprint density at radius 1 is 1.05 bits per heavy atom. The monoisotopic (exact) mass is 263 g/mol. The molecular formula is C14H22BNO3. The molecule has 0 spiro atoms. The van der Waals surface area contributed by atoms with E-state index in [4.69, 9.17) is 9.31 Å². The van der Waals surface area contributed by atoms with Gasteiger partial charge in [0.1, 0.15) is 5.75 Å². The average molecular weight is 263 g/mol. The van der Waals surface area contributed by atoms with Crippen molar-refractivity contribution in [3.63, 3.8) is 0 Å². The van der Waals surface area contributed by atoms with Crippen LogP contribution in [-0.4, -0.2) is 37.5 Å². The molecule has 1 heterocycles. The molecule has 1 N–H and O–H groups in total. The maximum absolute atomic E-state index is 10.0. The number of benzene rings is 1. The zero-order chi connectivity index (χ0) is 14.4. The molecule has 104 valence electrons. The number of phenols is 1. The Balaban J connectivity index is 2.28. The van der Waals surface area contributed by atoms with Crippen LogP contribution in [0.3, 0.4) is 0 Å². The molecule has 0 unspecified atom stereocenters. The third-order valence-electron chi connectivity index (χ3n) is 4.01. The number of aromatic hydroxyl groups is 1. The lowest BCUT2D eigenvalue weighted by Gasteiger charge is -2.32. The summed E-state index contributed by atoms with van der Waals surface area (Å²) in [5.41, 5.74) is 0.878. The minimum atomic E-state index is -0.438. The SMILES string of the molecule is CN(C)c1ccc(B2OC(C)(C)C(C)(C)O2)cc1O. The first-order valence-corrected chi connectivity index (χ1v) is 6.50. The summed E-state index contributed by atoms with van der Waals surface area (Å²) in [6.07, 6.45) is 0. The highest BCUT2D eigenvalue weighted by molar-refractivity contribution is 6.62. The fourth-order valence-electron chi connectivity index (χ4n) is 2.04. The molecule has 1 aromatic carbocycles. The highest BCUT2D eigenvalue weighted by Crippen LogP contribution is 2.37. The van der Waals surface area contributed by atoms with Crippen LogP contribution in [0, 0.1) is 0 Å². The van der Waals surface area contributed by atoms with Gasteiger partial charge in [0.15, 0.2) is 0 Å². The quantitative estimate of drug-likeness (QED) is 0.825. The molecule has 19 heavy (non-hydrogen) atoms. The van der Waals surface area contributed by atoms with Gasteiger partial charge in [-0.1, -0.05) is 6.07 Å². The summed E-state index contributed by atoms with van der Waals surface area (Å²) in [4.78, 5) is 1.86. The molecule has 1 fully saturated rings. The smallest absolute Gasteiger partial charge is 0.494 e. The lowest BCUT2D eigenvalue weighted by atomic mass is 9.79. The number of nitrogens with zero attached hydrogens (tertiary/aromatic N) is 1. The zero-order valence-electron chi connectivity index (χ0n) is 12.5. The number of hydrogen-bond acceptors (Lipinski definition) is 4. The maximum Gasteiger partial charge on any atom is 0.494 e. The number of phenolic OH excluding ortho intramolecular Hbond substituents is 1. The van der Waals surface area contributed by atoms with E-state index in [0.717, 1.165) is 11.2 Å². The van der Waals surface area contributed by atoms with Crippen LogP contribution in [0.5, 0.6) is 5.75 Å². The Morgan fingerprint density at radius 3 is 2.00 bits per heavy atom. The van der Waals surface area contributed by atoms with Gasteiger partial charge in [0, 0.05) is 14.1 Å². The van der Waals surface area contributed by atoms with Crippen molar-refractivity contribution in [3.05, 3.63) is 18.2 Å². The summed E-state index contributed by atoms with van der Waals surface area (Å²) >= 11 is 0. The molecule has 0 atom stereocenters. The Bertz CT molecular complexity index is 470. The first kappa shape index (κ1) is 14.2. The van der Waals surface area contributed by atoms with Gasteiger partial charge in [-0.2, -0.15) is 0 Å². The van der Waals surface area contributed by atoms with Crippen LogP contribution in [0.25, 0.3) is 0 Å². The lowest BCUT2D eigenvalue weighted by Crippen LogP contribution is -2.41. The van der Waals surface area contributed by atoms with Crippen molar-refractivity contribution in [2.75, 3.05) is 19.0 Å². The second-order valence-electron chi connectivity index (χ2n) is 6.23. The topological polar surface area (TPSA) is 41.9 Å². The number of anilines is 1. The largest absolute Gasteiger partial charge is 0.506 e. The Labute approximate surface area is 115 Å². The van der Waals surface area contributed by atoms with Gasteiger partial charge in [-0.15, -0.1) is 0 Å². The average Bonchev–Trinajstić information content (AvgIpc) is 2.47. The van der Waals surface area contributed by atoms with Gasteiger partial charge in [0.2, 0.25) is 0 Å². The van der Waals surface area contributed by atoms with E-state index in [9.17, 15) is 5.11 Å². The second-order valence-corrected chi connectivity index (χ2v) is 6.23. The van der Waals surface area contributed by atoms with Gasteiger partial charge in [-0.3, -0.25) is 0 Å². The van der Waals surface area contributed by atoms with Crippen LogP contribution in [0.1, 0.15) is 27.7 Å². The van der Waals surface area contributed by atoms with Gasteiger partial charge in [-0.25, -0.2) is 0 Å². The fourth-order valence-corrected chi connectivity index (χ4v) is 2.04.